The number of hydrogen-bond donors (Lipinski definition) is 0. The van der Waals surface area contributed by atoms with Crippen molar-refractivity contribution in [3.63, 3.8) is 0 Å². The van der Waals surface area contributed by atoms with Gasteiger partial charge in [0.25, 0.3) is 11.8 Å². The van der Waals surface area contributed by atoms with Crippen molar-refractivity contribution in [2.75, 3.05) is 0 Å². The van der Waals surface area contributed by atoms with Gasteiger partial charge in [-0.05, 0) is 48.6 Å². The zero-order valence-corrected chi connectivity index (χ0v) is 15.6. The van der Waals surface area contributed by atoms with Crippen molar-refractivity contribution >= 4 is 34.0 Å². The molecule has 1 saturated heterocycles. The molecule has 5 rings (SSSR count). The first-order valence-corrected chi connectivity index (χ1v) is 9.47. The molecule has 1 aromatic heterocycles. The Morgan fingerprint density at radius 3 is 2.48 bits per heavy atom. The van der Waals surface area contributed by atoms with E-state index in [-0.39, 0.29) is 35.5 Å². The molecule has 1 aromatic carbocycles. The first kappa shape index (κ1) is 16.6. The molecule has 0 unspecified atom stereocenters. The number of rotatable bonds is 3. The van der Waals surface area contributed by atoms with Crippen LogP contribution in [0.3, 0.4) is 0 Å². The summed E-state index contributed by atoms with van der Waals surface area (Å²) in [5.41, 5.74) is 0.323. The lowest BCUT2D eigenvalue weighted by Crippen LogP contribution is -2.28. The minimum absolute atomic E-state index is 0.146. The summed E-state index contributed by atoms with van der Waals surface area (Å²) in [5, 5.41) is 5.03. The van der Waals surface area contributed by atoms with E-state index in [9.17, 15) is 14.0 Å². The third kappa shape index (κ3) is 2.52. The Morgan fingerprint density at radius 1 is 1.11 bits per heavy atom. The number of halogens is 2. The Labute approximate surface area is 162 Å². The topological polar surface area (TPSA) is 62.9 Å². The van der Waals surface area contributed by atoms with Crippen LogP contribution in [-0.2, 0) is 9.59 Å². The number of fused-ring (bicyclic) bond motifs is 5. The molecule has 3 aliphatic rings. The van der Waals surface area contributed by atoms with Gasteiger partial charge < -0.3 is 4.42 Å². The Hall–Kier alpha value is -2.54. The van der Waals surface area contributed by atoms with Crippen LogP contribution in [0.2, 0.25) is 0 Å². The van der Waals surface area contributed by atoms with Gasteiger partial charge in [-0.3, -0.25) is 9.59 Å². The molecule has 0 spiro atoms. The van der Waals surface area contributed by atoms with Gasteiger partial charge in [0.05, 0.1) is 23.6 Å². The molecule has 2 aromatic rings. The van der Waals surface area contributed by atoms with Crippen molar-refractivity contribution in [1.82, 2.24) is 5.01 Å². The van der Waals surface area contributed by atoms with Crippen molar-refractivity contribution in [2.24, 2.45) is 28.8 Å². The molecule has 2 bridgehead atoms. The number of carbonyl (C=O) groups excluding carboxylic acids is 2. The minimum atomic E-state index is -0.414. The Kier molecular flexibility index (Phi) is 3.69. The molecule has 27 heavy (non-hydrogen) atoms. The summed E-state index contributed by atoms with van der Waals surface area (Å²) in [4.78, 5) is 25.2. The van der Waals surface area contributed by atoms with E-state index in [0.717, 1.165) is 11.4 Å². The van der Waals surface area contributed by atoms with Crippen LogP contribution < -0.4 is 0 Å². The summed E-state index contributed by atoms with van der Waals surface area (Å²) in [6.45, 7) is 0. The fourth-order valence-electron chi connectivity index (χ4n) is 4.37. The quantitative estimate of drug-likeness (QED) is 0.421. The third-order valence-electron chi connectivity index (χ3n) is 5.57. The van der Waals surface area contributed by atoms with E-state index in [1.54, 1.807) is 24.3 Å². The van der Waals surface area contributed by atoms with E-state index in [4.69, 9.17) is 4.42 Å². The Balaban J connectivity index is 1.37. The van der Waals surface area contributed by atoms with Gasteiger partial charge in [0.2, 0.25) is 0 Å². The van der Waals surface area contributed by atoms with Crippen molar-refractivity contribution in [2.45, 2.75) is 6.42 Å². The molecule has 2 fully saturated rings. The van der Waals surface area contributed by atoms with E-state index in [0.29, 0.717) is 21.6 Å². The number of imide groups is 1. The summed E-state index contributed by atoms with van der Waals surface area (Å²) in [5.74, 6) is -0.497. The van der Waals surface area contributed by atoms with Gasteiger partial charge in [-0.2, -0.15) is 10.1 Å². The first-order chi connectivity index (χ1) is 13.0. The second kappa shape index (κ2) is 5.99. The van der Waals surface area contributed by atoms with E-state index < -0.39 is 5.82 Å². The van der Waals surface area contributed by atoms with Crippen molar-refractivity contribution in [3.8, 4) is 11.3 Å². The highest BCUT2D eigenvalue weighted by Crippen LogP contribution is 2.52. The fourth-order valence-corrected chi connectivity index (χ4v) is 4.70. The average Bonchev–Trinajstić information content (AvgIpc) is 3.39. The van der Waals surface area contributed by atoms with Crippen molar-refractivity contribution in [1.29, 1.82) is 0 Å². The van der Waals surface area contributed by atoms with Gasteiger partial charge in [0.15, 0.2) is 0 Å². The molecule has 1 aliphatic heterocycles. The fraction of sp³-hybridized carbons (Fsp3) is 0.250. The molecule has 2 heterocycles. The summed E-state index contributed by atoms with van der Waals surface area (Å²) in [6, 6.07) is 7.93. The molecule has 4 atom stereocenters. The van der Waals surface area contributed by atoms with Crippen LogP contribution in [0.4, 0.5) is 4.39 Å². The molecule has 2 aliphatic carbocycles. The largest absolute Gasteiger partial charge is 0.455 e. The summed E-state index contributed by atoms with van der Waals surface area (Å²) < 4.78 is 20.3. The number of allylic oxidation sites excluding steroid dienone is 2. The van der Waals surface area contributed by atoms with Gasteiger partial charge >= 0.3 is 0 Å². The monoisotopic (exact) mass is 428 g/mol. The van der Waals surface area contributed by atoms with E-state index in [2.05, 4.69) is 21.0 Å². The molecule has 5 nitrogen and oxygen atoms in total. The molecule has 0 N–H and O–H groups in total. The number of furan rings is 1. The zero-order valence-electron chi connectivity index (χ0n) is 14.0. The number of amides is 2. The Morgan fingerprint density at radius 2 is 1.81 bits per heavy atom. The summed E-state index contributed by atoms with van der Waals surface area (Å²) in [6.07, 6.45) is 6.28. The summed E-state index contributed by atoms with van der Waals surface area (Å²) in [7, 11) is 0. The van der Waals surface area contributed by atoms with Crippen molar-refractivity contribution in [3.05, 3.63) is 58.5 Å². The maximum atomic E-state index is 14.1. The molecular weight excluding hydrogens is 415 g/mol. The van der Waals surface area contributed by atoms with Gasteiger partial charge in [-0.15, -0.1) is 0 Å². The number of benzene rings is 1. The normalized spacial score (nSPS) is 28.7. The predicted molar refractivity (Wildman–Crippen MR) is 99.0 cm³/mol. The lowest BCUT2D eigenvalue weighted by molar-refractivity contribution is -0.140. The minimum Gasteiger partial charge on any atom is -0.455 e. The lowest BCUT2D eigenvalue weighted by atomic mass is 9.85. The van der Waals surface area contributed by atoms with Crippen LogP contribution in [0.25, 0.3) is 11.3 Å². The highest BCUT2D eigenvalue weighted by molar-refractivity contribution is 9.10. The molecule has 136 valence electrons. The molecule has 1 saturated carbocycles. The van der Waals surface area contributed by atoms with E-state index >= 15 is 0 Å². The van der Waals surface area contributed by atoms with Crippen LogP contribution in [0.1, 0.15) is 12.2 Å². The molecule has 2 amide bonds. The number of hydrogen-bond acceptors (Lipinski definition) is 4. The molecular formula is C20H14BrFN2O3. The van der Waals surface area contributed by atoms with Crippen LogP contribution in [0, 0.1) is 29.5 Å². The average molecular weight is 429 g/mol. The number of hydrazone groups is 1. The van der Waals surface area contributed by atoms with Crippen LogP contribution in [-0.4, -0.2) is 23.0 Å². The second-order valence-corrected chi connectivity index (χ2v) is 7.97. The van der Waals surface area contributed by atoms with Crippen LogP contribution >= 0.6 is 15.9 Å². The lowest BCUT2D eigenvalue weighted by Gasteiger charge is -2.13. The number of nitrogens with zero attached hydrogens (tertiary/aromatic N) is 2. The predicted octanol–water partition coefficient (Wildman–Crippen LogP) is 3.99. The van der Waals surface area contributed by atoms with Gasteiger partial charge in [0.1, 0.15) is 17.3 Å². The summed E-state index contributed by atoms with van der Waals surface area (Å²) >= 11 is 3.22. The standard InChI is InChI=1S/C20H14BrFN2O3/c21-12-3-5-14(15(22)8-12)16-6-4-13(27-16)9-23-24-19(25)17-10-1-2-11(7-10)18(17)20(24)26/h1-6,8-11,17-18H,7H2/t10-,11-,17-,18+/m0/s1. The van der Waals surface area contributed by atoms with E-state index in [1.165, 1.54) is 12.3 Å². The van der Waals surface area contributed by atoms with E-state index in [1.807, 2.05) is 12.2 Å². The van der Waals surface area contributed by atoms with Crippen molar-refractivity contribution < 1.29 is 18.4 Å². The highest BCUT2D eigenvalue weighted by atomic mass is 79.9. The third-order valence-corrected chi connectivity index (χ3v) is 6.06. The molecule has 7 heteroatoms. The van der Waals surface area contributed by atoms with Crippen LogP contribution in [0.5, 0.6) is 0 Å². The smallest absolute Gasteiger partial charge is 0.254 e. The van der Waals surface area contributed by atoms with Gasteiger partial charge in [-0.25, -0.2) is 4.39 Å². The Bertz CT molecular complexity index is 998. The van der Waals surface area contributed by atoms with Crippen LogP contribution in [0.15, 0.2) is 56.5 Å². The van der Waals surface area contributed by atoms with Gasteiger partial charge in [0, 0.05) is 4.47 Å². The highest BCUT2D eigenvalue weighted by Gasteiger charge is 2.59. The van der Waals surface area contributed by atoms with Gasteiger partial charge in [-0.1, -0.05) is 28.1 Å². The first-order valence-electron chi connectivity index (χ1n) is 8.68. The maximum absolute atomic E-state index is 14.1. The number of carbonyl (C=O) groups is 2. The maximum Gasteiger partial charge on any atom is 0.254 e. The second-order valence-electron chi connectivity index (χ2n) is 7.06. The SMILES string of the molecule is O=C1[C@@H]2[C@H](C(=O)N1N=Cc1ccc(-c3ccc(Br)cc3F)o1)[C@H]1C=C[C@H]2C1. The zero-order chi connectivity index (χ0) is 18.7. The molecule has 0 radical (unpaired) electrons.